The maximum atomic E-state index is 13.2. The number of aliphatic hydroxyl groups excluding tert-OH is 1. The Hall–Kier alpha value is -1.13. The Kier molecular flexibility index (Phi) is 3.64. The fourth-order valence-electron chi connectivity index (χ4n) is 2.23. The first kappa shape index (κ1) is 12.3. The fraction of sp³-hybridized carbons (Fsp3) is 0.538. The molecule has 1 fully saturated rings. The molecule has 0 amide bonds. The number of benzene rings is 1. The molecule has 3 atom stereocenters. The van der Waals surface area contributed by atoms with Crippen molar-refractivity contribution in [1.29, 1.82) is 0 Å². The quantitative estimate of drug-likeness (QED) is 0.881. The lowest BCUT2D eigenvalue weighted by molar-refractivity contribution is -0.0188. The zero-order valence-electron chi connectivity index (χ0n) is 10.0. The van der Waals surface area contributed by atoms with Gasteiger partial charge in [-0.1, -0.05) is 6.92 Å². The number of rotatable bonds is 3. The van der Waals surface area contributed by atoms with Gasteiger partial charge in [-0.3, -0.25) is 0 Å². The van der Waals surface area contributed by atoms with Crippen molar-refractivity contribution >= 4 is 0 Å². The Morgan fingerprint density at radius 2 is 2.29 bits per heavy atom. The highest BCUT2D eigenvalue weighted by molar-refractivity contribution is 5.36. The smallest absolute Gasteiger partial charge is 0.124 e. The second kappa shape index (κ2) is 5.02. The van der Waals surface area contributed by atoms with Crippen molar-refractivity contribution in [3.63, 3.8) is 0 Å². The van der Waals surface area contributed by atoms with E-state index in [1.165, 1.54) is 25.3 Å². The van der Waals surface area contributed by atoms with E-state index >= 15 is 0 Å². The minimum Gasteiger partial charge on any atom is -0.496 e. The highest BCUT2D eigenvalue weighted by Gasteiger charge is 2.33. The van der Waals surface area contributed by atoms with Crippen molar-refractivity contribution in [2.24, 2.45) is 5.92 Å². The lowest BCUT2D eigenvalue weighted by atomic mass is 9.94. The normalized spacial score (nSPS) is 25.9. The molecule has 1 aliphatic rings. The molecule has 3 nitrogen and oxygen atoms in total. The third-order valence-corrected chi connectivity index (χ3v) is 3.27. The Balaban J connectivity index is 2.28. The van der Waals surface area contributed by atoms with Crippen LogP contribution in [0.25, 0.3) is 0 Å². The molecule has 0 saturated carbocycles. The first-order valence-corrected chi connectivity index (χ1v) is 5.76. The monoisotopic (exact) mass is 240 g/mol. The molecule has 0 spiro atoms. The van der Waals surface area contributed by atoms with E-state index in [1.807, 2.05) is 6.92 Å². The van der Waals surface area contributed by atoms with Gasteiger partial charge in [0, 0.05) is 12.2 Å². The number of hydrogen-bond donors (Lipinski definition) is 1. The summed E-state index contributed by atoms with van der Waals surface area (Å²) in [6.07, 6.45) is -0.219. The van der Waals surface area contributed by atoms with Crippen molar-refractivity contribution in [3.8, 4) is 5.75 Å². The van der Waals surface area contributed by atoms with Crippen LogP contribution in [-0.2, 0) is 4.74 Å². The molecule has 0 bridgehead atoms. The minimum absolute atomic E-state index is 0.262. The van der Waals surface area contributed by atoms with Crippen molar-refractivity contribution < 1.29 is 19.0 Å². The van der Waals surface area contributed by atoms with Gasteiger partial charge in [0.05, 0.1) is 13.2 Å². The molecule has 17 heavy (non-hydrogen) atoms. The maximum Gasteiger partial charge on any atom is 0.124 e. The molecule has 0 radical (unpaired) electrons. The van der Waals surface area contributed by atoms with Gasteiger partial charge in [0.25, 0.3) is 0 Å². The van der Waals surface area contributed by atoms with E-state index in [9.17, 15) is 9.50 Å². The predicted octanol–water partition coefficient (Wildman–Crippen LogP) is 2.29. The van der Waals surface area contributed by atoms with Gasteiger partial charge < -0.3 is 14.6 Å². The molecule has 1 aromatic carbocycles. The molecule has 0 aromatic heterocycles. The molecule has 1 aromatic rings. The summed E-state index contributed by atoms with van der Waals surface area (Å²) in [5.41, 5.74) is 0.450. The van der Waals surface area contributed by atoms with E-state index in [0.29, 0.717) is 17.9 Å². The van der Waals surface area contributed by atoms with Crippen LogP contribution in [0.5, 0.6) is 5.75 Å². The Morgan fingerprint density at radius 1 is 1.53 bits per heavy atom. The second-order valence-corrected chi connectivity index (χ2v) is 4.43. The Labute approximate surface area is 100 Å². The molecule has 1 N–H and O–H groups in total. The van der Waals surface area contributed by atoms with Crippen LogP contribution < -0.4 is 4.74 Å². The van der Waals surface area contributed by atoms with Crippen LogP contribution in [0.15, 0.2) is 18.2 Å². The highest BCUT2D eigenvalue weighted by Crippen LogP contribution is 2.35. The molecule has 1 heterocycles. The Morgan fingerprint density at radius 3 is 2.88 bits per heavy atom. The summed E-state index contributed by atoms with van der Waals surface area (Å²) in [6, 6.07) is 4.14. The summed E-state index contributed by atoms with van der Waals surface area (Å²) >= 11 is 0. The van der Waals surface area contributed by atoms with Crippen LogP contribution in [0.2, 0.25) is 0 Å². The van der Waals surface area contributed by atoms with Crippen LogP contribution in [0.1, 0.15) is 25.0 Å². The SMILES string of the molecule is COc1ccc(F)cc1C(O)C1OCCC1C. The van der Waals surface area contributed by atoms with Gasteiger partial charge >= 0.3 is 0 Å². The average molecular weight is 240 g/mol. The number of halogens is 1. The van der Waals surface area contributed by atoms with Crippen LogP contribution in [0.4, 0.5) is 4.39 Å². The molecule has 2 rings (SSSR count). The van der Waals surface area contributed by atoms with Crippen LogP contribution >= 0.6 is 0 Å². The van der Waals surface area contributed by atoms with Crippen molar-refractivity contribution in [2.75, 3.05) is 13.7 Å². The Bertz CT molecular complexity index is 394. The van der Waals surface area contributed by atoms with E-state index < -0.39 is 6.10 Å². The standard InChI is InChI=1S/C13H17FO3/c1-8-5-6-17-13(8)12(15)10-7-9(14)3-4-11(10)16-2/h3-4,7-8,12-13,15H,5-6H2,1-2H3. The first-order valence-electron chi connectivity index (χ1n) is 5.76. The van der Waals surface area contributed by atoms with E-state index in [2.05, 4.69) is 0 Å². The van der Waals surface area contributed by atoms with Gasteiger partial charge in [-0.25, -0.2) is 4.39 Å². The highest BCUT2D eigenvalue weighted by atomic mass is 19.1. The topological polar surface area (TPSA) is 38.7 Å². The molecule has 1 saturated heterocycles. The molecular formula is C13H17FO3. The fourth-order valence-corrected chi connectivity index (χ4v) is 2.23. The molecule has 4 heteroatoms. The van der Waals surface area contributed by atoms with Crippen LogP contribution in [-0.4, -0.2) is 24.9 Å². The second-order valence-electron chi connectivity index (χ2n) is 4.43. The lowest BCUT2D eigenvalue weighted by Gasteiger charge is -2.23. The van der Waals surface area contributed by atoms with E-state index in [1.54, 1.807) is 0 Å². The van der Waals surface area contributed by atoms with Crippen molar-refractivity contribution in [3.05, 3.63) is 29.6 Å². The molecular weight excluding hydrogens is 223 g/mol. The molecule has 94 valence electrons. The van der Waals surface area contributed by atoms with Crippen molar-refractivity contribution in [1.82, 2.24) is 0 Å². The number of hydrogen-bond acceptors (Lipinski definition) is 3. The van der Waals surface area contributed by atoms with Gasteiger partial charge in [0.1, 0.15) is 17.7 Å². The summed E-state index contributed by atoms with van der Waals surface area (Å²) in [5.74, 6) is 0.366. The number of ether oxygens (including phenoxy) is 2. The third kappa shape index (κ3) is 2.42. The average Bonchev–Trinajstić information content (AvgIpc) is 2.74. The lowest BCUT2D eigenvalue weighted by Crippen LogP contribution is -2.23. The predicted molar refractivity (Wildman–Crippen MR) is 61.4 cm³/mol. The van der Waals surface area contributed by atoms with Crippen LogP contribution in [0.3, 0.4) is 0 Å². The molecule has 3 unspecified atom stereocenters. The van der Waals surface area contributed by atoms with Crippen molar-refractivity contribution in [2.45, 2.75) is 25.6 Å². The van der Waals surface area contributed by atoms with Gasteiger partial charge in [0.2, 0.25) is 0 Å². The summed E-state index contributed by atoms with van der Waals surface area (Å²) in [7, 11) is 1.50. The zero-order valence-corrected chi connectivity index (χ0v) is 10.0. The van der Waals surface area contributed by atoms with E-state index in [-0.39, 0.29) is 17.8 Å². The van der Waals surface area contributed by atoms with E-state index in [4.69, 9.17) is 9.47 Å². The number of aliphatic hydroxyl groups is 1. The number of methoxy groups -OCH3 is 1. The largest absolute Gasteiger partial charge is 0.496 e. The van der Waals surface area contributed by atoms with Crippen LogP contribution in [0, 0.1) is 11.7 Å². The van der Waals surface area contributed by atoms with Gasteiger partial charge in [0.15, 0.2) is 0 Å². The van der Waals surface area contributed by atoms with E-state index in [0.717, 1.165) is 6.42 Å². The van der Waals surface area contributed by atoms with Gasteiger partial charge in [-0.05, 0) is 30.5 Å². The summed E-state index contributed by atoms with van der Waals surface area (Å²) in [5, 5.41) is 10.3. The zero-order chi connectivity index (χ0) is 12.4. The molecule has 0 aliphatic carbocycles. The summed E-state index contributed by atoms with van der Waals surface area (Å²) in [4.78, 5) is 0. The van der Waals surface area contributed by atoms with Gasteiger partial charge in [-0.15, -0.1) is 0 Å². The third-order valence-electron chi connectivity index (χ3n) is 3.27. The molecule has 1 aliphatic heterocycles. The maximum absolute atomic E-state index is 13.2. The first-order chi connectivity index (χ1) is 8.13. The summed E-state index contributed by atoms with van der Waals surface area (Å²) in [6.45, 7) is 2.66. The summed E-state index contributed by atoms with van der Waals surface area (Å²) < 4.78 is 23.8. The minimum atomic E-state index is -0.849. The van der Waals surface area contributed by atoms with Gasteiger partial charge in [-0.2, -0.15) is 0 Å².